The molecule has 2 nitrogen and oxygen atoms in total. The van der Waals surface area contributed by atoms with Crippen LogP contribution in [-0.2, 0) is 11.8 Å². The Hall–Kier alpha value is -1.02. The van der Waals surface area contributed by atoms with Gasteiger partial charge in [0, 0.05) is 18.0 Å². The SMILES string of the molecule is C[C@@H]1[C@@H]2Cc3ccc(O)cc3[C@]1(C)CN2. The van der Waals surface area contributed by atoms with Crippen molar-refractivity contribution < 1.29 is 5.11 Å². The molecule has 1 aromatic rings. The first-order valence-electron chi connectivity index (χ1n) is 5.67. The fourth-order valence-electron chi connectivity index (χ4n) is 3.23. The van der Waals surface area contributed by atoms with Crippen LogP contribution in [0.3, 0.4) is 0 Å². The van der Waals surface area contributed by atoms with Gasteiger partial charge in [-0.1, -0.05) is 19.9 Å². The molecule has 0 radical (unpaired) electrons. The van der Waals surface area contributed by atoms with E-state index in [0.29, 0.717) is 17.7 Å². The van der Waals surface area contributed by atoms with Gasteiger partial charge in [-0.15, -0.1) is 0 Å². The lowest BCUT2D eigenvalue weighted by Crippen LogP contribution is -2.37. The van der Waals surface area contributed by atoms with Crippen molar-refractivity contribution in [3.8, 4) is 5.75 Å². The van der Waals surface area contributed by atoms with E-state index in [4.69, 9.17) is 0 Å². The average Bonchev–Trinajstić information content (AvgIpc) is 2.43. The zero-order valence-corrected chi connectivity index (χ0v) is 9.25. The van der Waals surface area contributed by atoms with Gasteiger partial charge in [0.15, 0.2) is 0 Å². The van der Waals surface area contributed by atoms with Gasteiger partial charge in [0.05, 0.1) is 0 Å². The topological polar surface area (TPSA) is 32.3 Å². The van der Waals surface area contributed by atoms with Crippen molar-refractivity contribution in [1.29, 1.82) is 0 Å². The number of hydrogen-bond acceptors (Lipinski definition) is 2. The summed E-state index contributed by atoms with van der Waals surface area (Å²) in [5.41, 5.74) is 2.96. The molecule has 0 amide bonds. The maximum absolute atomic E-state index is 9.60. The van der Waals surface area contributed by atoms with Crippen molar-refractivity contribution in [2.45, 2.75) is 31.7 Å². The maximum atomic E-state index is 9.60. The van der Waals surface area contributed by atoms with E-state index in [0.717, 1.165) is 13.0 Å². The third-order valence-corrected chi connectivity index (χ3v) is 4.49. The first-order valence-corrected chi connectivity index (χ1v) is 5.67. The summed E-state index contributed by atoms with van der Waals surface area (Å²) >= 11 is 0. The van der Waals surface area contributed by atoms with E-state index in [1.165, 1.54) is 11.1 Å². The van der Waals surface area contributed by atoms with Gasteiger partial charge in [-0.25, -0.2) is 0 Å². The second-order valence-corrected chi connectivity index (χ2v) is 5.24. The Balaban J connectivity index is 2.21. The van der Waals surface area contributed by atoms with Crippen LogP contribution < -0.4 is 5.32 Å². The third kappa shape index (κ3) is 1.08. The number of rotatable bonds is 0. The molecule has 0 unspecified atom stereocenters. The van der Waals surface area contributed by atoms with Crippen LogP contribution in [0.2, 0.25) is 0 Å². The smallest absolute Gasteiger partial charge is 0.115 e. The van der Waals surface area contributed by atoms with Crippen molar-refractivity contribution in [2.75, 3.05) is 6.54 Å². The van der Waals surface area contributed by atoms with Crippen LogP contribution in [0.25, 0.3) is 0 Å². The molecule has 2 N–H and O–H groups in total. The van der Waals surface area contributed by atoms with Gasteiger partial charge in [0.1, 0.15) is 5.75 Å². The molecule has 2 aliphatic rings. The number of phenolic OH excluding ortho intramolecular Hbond substituents is 1. The summed E-state index contributed by atoms with van der Waals surface area (Å²) < 4.78 is 0. The summed E-state index contributed by atoms with van der Waals surface area (Å²) in [5.74, 6) is 1.05. The molecular weight excluding hydrogens is 186 g/mol. The Bertz CT molecular complexity index is 415. The zero-order chi connectivity index (χ0) is 10.6. The highest BCUT2D eigenvalue weighted by atomic mass is 16.3. The van der Waals surface area contributed by atoms with Gasteiger partial charge in [-0.2, -0.15) is 0 Å². The summed E-state index contributed by atoms with van der Waals surface area (Å²) in [4.78, 5) is 0. The molecule has 3 atom stereocenters. The van der Waals surface area contributed by atoms with Gasteiger partial charge in [0.25, 0.3) is 0 Å². The van der Waals surface area contributed by atoms with E-state index in [-0.39, 0.29) is 5.41 Å². The summed E-state index contributed by atoms with van der Waals surface area (Å²) in [5, 5.41) is 13.2. The Labute approximate surface area is 90.3 Å². The number of benzene rings is 1. The number of phenols is 1. The van der Waals surface area contributed by atoms with Crippen LogP contribution in [0.5, 0.6) is 5.75 Å². The van der Waals surface area contributed by atoms with Crippen molar-refractivity contribution >= 4 is 0 Å². The molecule has 3 rings (SSSR count). The molecule has 0 aromatic heterocycles. The molecule has 2 heteroatoms. The molecule has 1 heterocycles. The molecule has 2 bridgehead atoms. The normalized spacial score (nSPS) is 37.7. The highest BCUT2D eigenvalue weighted by Crippen LogP contribution is 2.45. The average molecular weight is 203 g/mol. The molecular formula is C13H17NO. The minimum atomic E-state index is 0.205. The van der Waals surface area contributed by atoms with Gasteiger partial charge < -0.3 is 10.4 Å². The number of hydrogen-bond donors (Lipinski definition) is 2. The summed E-state index contributed by atoms with van der Waals surface area (Å²) in [6, 6.07) is 6.45. The van der Waals surface area contributed by atoms with E-state index >= 15 is 0 Å². The fraction of sp³-hybridized carbons (Fsp3) is 0.538. The van der Waals surface area contributed by atoms with Crippen LogP contribution in [0.15, 0.2) is 18.2 Å². The zero-order valence-electron chi connectivity index (χ0n) is 9.25. The van der Waals surface area contributed by atoms with Crippen molar-refractivity contribution in [3.63, 3.8) is 0 Å². The lowest BCUT2D eigenvalue weighted by atomic mass is 9.66. The monoisotopic (exact) mass is 203 g/mol. The van der Waals surface area contributed by atoms with Crippen LogP contribution in [0.1, 0.15) is 25.0 Å². The van der Waals surface area contributed by atoms with Crippen LogP contribution in [0, 0.1) is 5.92 Å². The van der Waals surface area contributed by atoms with E-state index in [1.54, 1.807) is 6.07 Å². The Morgan fingerprint density at radius 3 is 3.07 bits per heavy atom. The minimum Gasteiger partial charge on any atom is -0.508 e. The van der Waals surface area contributed by atoms with E-state index in [9.17, 15) is 5.11 Å². The molecule has 1 fully saturated rings. The lowest BCUT2D eigenvalue weighted by molar-refractivity contribution is 0.330. The van der Waals surface area contributed by atoms with E-state index in [1.807, 2.05) is 6.07 Å². The predicted octanol–water partition coefficient (Wildman–Crippen LogP) is 1.81. The fourth-order valence-corrected chi connectivity index (χ4v) is 3.23. The molecule has 1 saturated heterocycles. The molecule has 1 aliphatic carbocycles. The second kappa shape index (κ2) is 2.76. The van der Waals surface area contributed by atoms with E-state index < -0.39 is 0 Å². The number of aromatic hydroxyl groups is 1. The van der Waals surface area contributed by atoms with Gasteiger partial charge in [0.2, 0.25) is 0 Å². The number of nitrogens with one attached hydrogen (secondary N) is 1. The minimum absolute atomic E-state index is 0.205. The summed E-state index contributed by atoms with van der Waals surface area (Å²) in [6.07, 6.45) is 1.10. The standard InChI is InChI=1S/C13H17NO/c1-8-12-5-9-3-4-10(15)6-11(9)13(8,2)7-14-12/h3-4,6,8,12,14-15H,5,7H2,1-2H3/t8-,12+,13-/m1/s1. The van der Waals surface area contributed by atoms with Gasteiger partial charge in [-0.3, -0.25) is 0 Å². The molecule has 80 valence electrons. The lowest BCUT2D eigenvalue weighted by Gasteiger charge is -2.37. The van der Waals surface area contributed by atoms with Crippen molar-refractivity contribution in [3.05, 3.63) is 29.3 Å². The van der Waals surface area contributed by atoms with Crippen LogP contribution in [-0.4, -0.2) is 17.7 Å². The quantitative estimate of drug-likeness (QED) is 0.674. The first kappa shape index (κ1) is 9.22. The Kier molecular flexibility index (Phi) is 1.70. The maximum Gasteiger partial charge on any atom is 0.115 e. The summed E-state index contributed by atoms with van der Waals surface area (Å²) in [6.45, 7) is 5.66. The number of fused-ring (bicyclic) bond motifs is 4. The van der Waals surface area contributed by atoms with Crippen LogP contribution in [0.4, 0.5) is 0 Å². The highest BCUT2D eigenvalue weighted by Gasteiger charge is 2.47. The molecule has 1 aliphatic heterocycles. The second-order valence-electron chi connectivity index (χ2n) is 5.24. The Morgan fingerprint density at radius 1 is 1.47 bits per heavy atom. The van der Waals surface area contributed by atoms with Crippen LogP contribution >= 0.6 is 0 Å². The molecule has 1 aromatic carbocycles. The van der Waals surface area contributed by atoms with Gasteiger partial charge >= 0.3 is 0 Å². The van der Waals surface area contributed by atoms with E-state index in [2.05, 4.69) is 25.2 Å². The van der Waals surface area contributed by atoms with Gasteiger partial charge in [-0.05, 0) is 35.6 Å². The molecule has 0 spiro atoms. The largest absolute Gasteiger partial charge is 0.508 e. The Morgan fingerprint density at radius 2 is 2.27 bits per heavy atom. The first-order chi connectivity index (χ1) is 7.11. The van der Waals surface area contributed by atoms with Crippen molar-refractivity contribution in [1.82, 2.24) is 5.32 Å². The predicted molar refractivity (Wildman–Crippen MR) is 60.1 cm³/mol. The molecule has 15 heavy (non-hydrogen) atoms. The summed E-state index contributed by atoms with van der Waals surface area (Å²) in [7, 11) is 0. The third-order valence-electron chi connectivity index (χ3n) is 4.49. The molecule has 0 saturated carbocycles. The van der Waals surface area contributed by atoms with Crippen molar-refractivity contribution in [2.24, 2.45) is 5.92 Å². The highest BCUT2D eigenvalue weighted by molar-refractivity contribution is 5.45.